The minimum absolute atomic E-state index is 0.388. The van der Waals surface area contributed by atoms with Crippen molar-refractivity contribution in [3.05, 3.63) is 180 Å². The van der Waals surface area contributed by atoms with Crippen LogP contribution >= 0.6 is 0 Å². The molecule has 0 saturated heterocycles. The number of hydrogen-bond acceptors (Lipinski definition) is 4. The van der Waals surface area contributed by atoms with E-state index in [2.05, 4.69) is 97.7 Å². The molecule has 0 saturated carbocycles. The molecule has 60 heavy (non-hydrogen) atoms. The van der Waals surface area contributed by atoms with E-state index < -0.39 is 0 Å². The summed E-state index contributed by atoms with van der Waals surface area (Å²) in [5.41, 5.74) is 11.7. The maximum atomic E-state index is 10.3. The van der Waals surface area contributed by atoms with Crippen LogP contribution < -0.4 is 0 Å². The zero-order valence-electron chi connectivity index (χ0n) is 31.4. The Balaban J connectivity index is 1.14. The van der Waals surface area contributed by atoms with Crippen molar-refractivity contribution >= 4 is 98.9 Å². The monoisotopic (exact) mass is 764 g/mol. The number of furan rings is 2. The molecule has 274 valence electrons. The molecule has 8 heteroatoms. The number of para-hydroxylation sites is 2. The molecule has 0 atom stereocenters. The number of fused-ring (bicyclic) bond motifs is 12. The van der Waals surface area contributed by atoms with E-state index in [9.17, 15) is 10.5 Å². The second-order valence-electron chi connectivity index (χ2n) is 14.9. The zero-order chi connectivity index (χ0) is 40.2. The van der Waals surface area contributed by atoms with Gasteiger partial charge in [-0.25, -0.2) is 9.69 Å². The molecule has 0 unspecified atom stereocenters. The van der Waals surface area contributed by atoms with E-state index in [1.807, 2.05) is 54.6 Å². The van der Waals surface area contributed by atoms with Crippen molar-refractivity contribution in [2.45, 2.75) is 0 Å². The Bertz CT molecular complexity index is 3810. The SMILES string of the molecule is [C-]#[N+]c1ccc(-n2c3ccc(-c4ccc5c(c4)c4cc6c(cc4n5-c4ccc(C#N)cc4C#N)oc4ccccc46)cc3c3cc4c(cc32)oc2ccccc24)c([N+]#[C-])c1. The maximum Gasteiger partial charge on any atom is 0.200 e. The molecule has 0 bridgehead atoms. The predicted octanol–water partition coefficient (Wildman–Crippen LogP) is 14.2. The lowest BCUT2D eigenvalue weighted by Crippen LogP contribution is -1.98. The highest BCUT2D eigenvalue weighted by molar-refractivity contribution is 6.20. The molecule has 0 amide bonds. The number of nitriles is 2. The van der Waals surface area contributed by atoms with E-state index in [-0.39, 0.29) is 0 Å². The van der Waals surface area contributed by atoms with Crippen LogP contribution in [0, 0.1) is 35.8 Å². The van der Waals surface area contributed by atoms with E-state index in [1.54, 1.807) is 24.3 Å². The van der Waals surface area contributed by atoms with Gasteiger partial charge < -0.3 is 18.0 Å². The Hall–Kier alpha value is -9.08. The Kier molecular flexibility index (Phi) is 6.73. The summed E-state index contributed by atoms with van der Waals surface area (Å²) in [5, 5.41) is 28.0. The van der Waals surface area contributed by atoms with Gasteiger partial charge in [-0.1, -0.05) is 60.7 Å². The van der Waals surface area contributed by atoms with Crippen molar-refractivity contribution in [3.8, 4) is 34.6 Å². The van der Waals surface area contributed by atoms with Crippen LogP contribution in [0.25, 0.3) is 120 Å². The van der Waals surface area contributed by atoms with Crippen molar-refractivity contribution < 1.29 is 8.83 Å². The fourth-order valence-corrected chi connectivity index (χ4v) is 9.10. The second-order valence-corrected chi connectivity index (χ2v) is 14.9. The number of hydrogen-bond donors (Lipinski definition) is 0. The molecule has 4 heterocycles. The number of benzene rings is 8. The van der Waals surface area contributed by atoms with E-state index >= 15 is 0 Å². The first kappa shape index (κ1) is 33.1. The van der Waals surface area contributed by atoms with Crippen LogP contribution in [0.15, 0.2) is 154 Å². The van der Waals surface area contributed by atoms with Crippen LogP contribution in [0.1, 0.15) is 11.1 Å². The van der Waals surface area contributed by atoms with Crippen molar-refractivity contribution in [1.82, 2.24) is 9.13 Å². The fourth-order valence-electron chi connectivity index (χ4n) is 9.10. The van der Waals surface area contributed by atoms with Gasteiger partial charge in [-0.3, -0.25) is 0 Å². The summed E-state index contributed by atoms with van der Waals surface area (Å²) in [7, 11) is 0. The Labute approximate surface area is 340 Å². The molecule has 8 aromatic carbocycles. The molecule has 12 aromatic rings. The van der Waals surface area contributed by atoms with Crippen LogP contribution in [0.4, 0.5) is 11.4 Å². The summed E-state index contributed by atoms with van der Waals surface area (Å²) in [6.07, 6.45) is 0. The lowest BCUT2D eigenvalue weighted by atomic mass is 10.00. The lowest BCUT2D eigenvalue weighted by Gasteiger charge is -2.11. The lowest BCUT2D eigenvalue weighted by molar-refractivity contribution is 0.669. The molecular formula is C52H24N6O2. The van der Waals surface area contributed by atoms with Crippen molar-refractivity contribution in [2.24, 2.45) is 0 Å². The summed E-state index contributed by atoms with van der Waals surface area (Å²) in [4.78, 5) is 7.45. The molecular weight excluding hydrogens is 741 g/mol. The summed E-state index contributed by atoms with van der Waals surface area (Å²) >= 11 is 0. The van der Waals surface area contributed by atoms with Gasteiger partial charge in [0.25, 0.3) is 0 Å². The molecule has 4 aromatic heterocycles. The summed E-state index contributed by atoms with van der Waals surface area (Å²) < 4.78 is 16.9. The molecule has 0 spiro atoms. The Morgan fingerprint density at radius 2 is 0.983 bits per heavy atom. The topological polar surface area (TPSA) is 92.4 Å². The van der Waals surface area contributed by atoms with Gasteiger partial charge in [-0.05, 0) is 83.9 Å². The first-order valence-corrected chi connectivity index (χ1v) is 19.2. The van der Waals surface area contributed by atoms with Crippen molar-refractivity contribution in [1.29, 1.82) is 10.5 Å². The standard InChI is InChI=1S/C52H24N6O2/c1-55-33-14-18-46(42(22-33)56-2)58-45-17-13-31(21-37(45)39-24-41-35-8-4-6-10-50(35)60-52(41)26-48(39)58)30-12-16-44-36(20-30)38-23-40-34-7-3-5-9-49(34)59-51(40)25-47(38)57(44)43-15-11-29(27-53)19-32(43)28-54/h3-26H. The second kappa shape index (κ2) is 12.2. The average Bonchev–Trinajstić information content (AvgIpc) is 4.03. The van der Waals surface area contributed by atoms with Crippen molar-refractivity contribution in [2.75, 3.05) is 0 Å². The van der Waals surface area contributed by atoms with Gasteiger partial charge in [0.2, 0.25) is 5.69 Å². The van der Waals surface area contributed by atoms with Crippen molar-refractivity contribution in [3.63, 3.8) is 0 Å². The van der Waals surface area contributed by atoms with Gasteiger partial charge in [0.15, 0.2) is 5.69 Å². The fraction of sp³-hybridized carbons (Fsp3) is 0. The molecule has 0 aliphatic carbocycles. The molecule has 0 fully saturated rings. The number of rotatable bonds is 3. The zero-order valence-corrected chi connectivity index (χ0v) is 31.4. The van der Waals surface area contributed by atoms with E-state index in [1.165, 1.54) is 0 Å². The summed E-state index contributed by atoms with van der Waals surface area (Å²) in [6, 6.07) is 52.3. The smallest absolute Gasteiger partial charge is 0.200 e. The highest BCUT2D eigenvalue weighted by atomic mass is 16.3. The van der Waals surface area contributed by atoms with E-state index in [4.69, 9.17) is 22.0 Å². The van der Waals surface area contributed by atoms with Crippen LogP contribution in [0.2, 0.25) is 0 Å². The van der Waals surface area contributed by atoms with E-state index in [0.29, 0.717) is 33.9 Å². The highest BCUT2D eigenvalue weighted by Gasteiger charge is 2.22. The molecule has 12 rings (SSSR count). The van der Waals surface area contributed by atoms with Gasteiger partial charge in [0.1, 0.15) is 28.4 Å². The van der Waals surface area contributed by atoms with E-state index in [0.717, 1.165) is 98.6 Å². The predicted molar refractivity (Wildman–Crippen MR) is 237 cm³/mol. The number of aromatic nitrogens is 2. The summed E-state index contributed by atoms with van der Waals surface area (Å²) in [6.45, 7) is 15.7. The Morgan fingerprint density at radius 3 is 1.53 bits per heavy atom. The quantitative estimate of drug-likeness (QED) is 0.167. The maximum absolute atomic E-state index is 10.3. The van der Waals surface area contributed by atoms with Gasteiger partial charge in [-0.15, -0.1) is 0 Å². The van der Waals surface area contributed by atoms with Gasteiger partial charge in [-0.2, -0.15) is 10.5 Å². The normalized spacial score (nSPS) is 11.6. The third-order valence-corrected chi connectivity index (χ3v) is 11.8. The average molecular weight is 765 g/mol. The summed E-state index contributed by atoms with van der Waals surface area (Å²) in [5.74, 6) is 0. The molecule has 0 radical (unpaired) electrons. The Morgan fingerprint density at radius 1 is 0.433 bits per heavy atom. The highest BCUT2D eigenvalue weighted by Crippen LogP contribution is 2.44. The minimum Gasteiger partial charge on any atom is -0.456 e. The van der Waals surface area contributed by atoms with Crippen LogP contribution in [-0.2, 0) is 0 Å². The molecule has 0 N–H and O–H groups in total. The van der Waals surface area contributed by atoms with Crippen LogP contribution in [0.5, 0.6) is 0 Å². The molecule has 0 aliphatic rings. The minimum atomic E-state index is 0.388. The van der Waals surface area contributed by atoms with Crippen LogP contribution in [-0.4, -0.2) is 9.13 Å². The first-order chi connectivity index (χ1) is 29.5. The first-order valence-electron chi connectivity index (χ1n) is 19.2. The largest absolute Gasteiger partial charge is 0.456 e. The third kappa shape index (κ3) is 4.56. The molecule has 8 nitrogen and oxygen atoms in total. The van der Waals surface area contributed by atoms with Gasteiger partial charge in [0, 0.05) is 60.9 Å². The third-order valence-electron chi connectivity index (χ3n) is 11.8. The number of nitrogens with zero attached hydrogens (tertiary/aromatic N) is 6. The molecule has 0 aliphatic heterocycles. The van der Waals surface area contributed by atoms with Gasteiger partial charge in [0.05, 0.1) is 58.1 Å². The van der Waals surface area contributed by atoms with Gasteiger partial charge >= 0.3 is 0 Å². The van der Waals surface area contributed by atoms with Crippen LogP contribution in [0.3, 0.4) is 0 Å².